The summed E-state index contributed by atoms with van der Waals surface area (Å²) in [6, 6.07) is 14.5. The minimum atomic E-state index is 0.233. The molecule has 4 rings (SSSR count). The predicted octanol–water partition coefficient (Wildman–Crippen LogP) is 5.49. The molecule has 136 valence electrons. The lowest BCUT2D eigenvalue weighted by atomic mass is 10.0. The van der Waals surface area contributed by atoms with Crippen LogP contribution in [0.4, 0.5) is 11.4 Å². The average molecular weight is 349 g/mol. The van der Waals surface area contributed by atoms with Crippen LogP contribution >= 0.6 is 0 Å². The highest BCUT2D eigenvalue weighted by atomic mass is 16.5. The molecular formula is C22H27N3O. The fourth-order valence-electron chi connectivity index (χ4n) is 3.93. The quantitative estimate of drug-likeness (QED) is 0.659. The highest BCUT2D eigenvalue weighted by Crippen LogP contribution is 2.46. The standard InChI is InChI=1S/C22H27N3O/c1-3-13-24-15-8-16-25(14-4-2)22(24)17-9-7-12-20-21(17)23-18-10-5-6-11-19(18)26-20/h5-12,15,22-23H,3-4,13-14,16H2,1-2H3. The third kappa shape index (κ3) is 3.06. The van der Waals surface area contributed by atoms with Gasteiger partial charge in [-0.2, -0.15) is 0 Å². The highest BCUT2D eigenvalue weighted by molar-refractivity contribution is 5.78. The molecule has 2 aliphatic rings. The van der Waals surface area contributed by atoms with Gasteiger partial charge in [0.1, 0.15) is 6.17 Å². The van der Waals surface area contributed by atoms with E-state index in [1.807, 2.05) is 18.2 Å². The normalized spacial score (nSPS) is 18.7. The second-order valence-corrected chi connectivity index (χ2v) is 6.93. The van der Waals surface area contributed by atoms with Crippen LogP contribution in [0.25, 0.3) is 0 Å². The Morgan fingerprint density at radius 3 is 2.65 bits per heavy atom. The van der Waals surface area contributed by atoms with E-state index >= 15 is 0 Å². The van der Waals surface area contributed by atoms with Gasteiger partial charge in [-0.1, -0.05) is 44.2 Å². The van der Waals surface area contributed by atoms with Crippen molar-refractivity contribution in [2.45, 2.75) is 32.9 Å². The van der Waals surface area contributed by atoms with Crippen molar-refractivity contribution in [3.05, 3.63) is 60.3 Å². The van der Waals surface area contributed by atoms with E-state index in [1.165, 1.54) is 5.56 Å². The van der Waals surface area contributed by atoms with Crippen molar-refractivity contribution < 1.29 is 4.74 Å². The minimum Gasteiger partial charge on any atom is -0.453 e. The average Bonchev–Trinajstić information content (AvgIpc) is 2.67. The summed E-state index contributed by atoms with van der Waals surface area (Å²) in [5, 5.41) is 3.63. The number of fused-ring (bicyclic) bond motifs is 2. The molecule has 0 saturated heterocycles. The molecule has 0 amide bonds. The molecular weight excluding hydrogens is 322 g/mol. The Balaban J connectivity index is 1.76. The fraction of sp³-hybridized carbons (Fsp3) is 0.364. The summed E-state index contributed by atoms with van der Waals surface area (Å²) >= 11 is 0. The Morgan fingerprint density at radius 1 is 1.00 bits per heavy atom. The van der Waals surface area contributed by atoms with E-state index in [0.29, 0.717) is 0 Å². The summed E-state index contributed by atoms with van der Waals surface area (Å²) in [6.45, 7) is 7.60. The van der Waals surface area contributed by atoms with E-state index in [0.717, 1.165) is 55.3 Å². The van der Waals surface area contributed by atoms with Crippen molar-refractivity contribution in [1.29, 1.82) is 0 Å². The Labute approximate surface area is 156 Å². The van der Waals surface area contributed by atoms with Crippen molar-refractivity contribution >= 4 is 11.4 Å². The summed E-state index contributed by atoms with van der Waals surface area (Å²) in [6.07, 6.45) is 7.04. The van der Waals surface area contributed by atoms with Crippen LogP contribution in [0.2, 0.25) is 0 Å². The zero-order valence-corrected chi connectivity index (χ0v) is 15.6. The first kappa shape index (κ1) is 17.0. The molecule has 0 spiro atoms. The number of ether oxygens (including phenoxy) is 1. The van der Waals surface area contributed by atoms with Crippen molar-refractivity contribution in [2.24, 2.45) is 0 Å². The highest BCUT2D eigenvalue weighted by Gasteiger charge is 2.31. The zero-order valence-electron chi connectivity index (χ0n) is 15.6. The minimum absolute atomic E-state index is 0.233. The lowest BCUT2D eigenvalue weighted by Crippen LogP contribution is -2.43. The maximum absolute atomic E-state index is 6.18. The molecule has 2 aliphatic heterocycles. The largest absolute Gasteiger partial charge is 0.453 e. The molecule has 4 heteroatoms. The van der Waals surface area contributed by atoms with Gasteiger partial charge in [-0.15, -0.1) is 0 Å². The first-order chi connectivity index (χ1) is 12.8. The number of anilines is 2. The van der Waals surface area contributed by atoms with Gasteiger partial charge in [-0.25, -0.2) is 0 Å². The summed E-state index contributed by atoms with van der Waals surface area (Å²) in [7, 11) is 0. The second-order valence-electron chi connectivity index (χ2n) is 6.93. The van der Waals surface area contributed by atoms with Crippen molar-refractivity contribution in [3.63, 3.8) is 0 Å². The molecule has 0 aromatic heterocycles. The number of hydrogen-bond acceptors (Lipinski definition) is 4. The summed E-state index contributed by atoms with van der Waals surface area (Å²) < 4.78 is 6.18. The van der Waals surface area contributed by atoms with E-state index in [9.17, 15) is 0 Å². The van der Waals surface area contributed by atoms with Crippen molar-refractivity contribution in [3.8, 4) is 11.5 Å². The van der Waals surface area contributed by atoms with Crippen LogP contribution in [0.1, 0.15) is 38.4 Å². The topological polar surface area (TPSA) is 27.7 Å². The first-order valence-corrected chi connectivity index (χ1v) is 9.65. The monoisotopic (exact) mass is 349 g/mol. The predicted molar refractivity (Wildman–Crippen MR) is 107 cm³/mol. The number of hydrogen-bond donors (Lipinski definition) is 1. The molecule has 26 heavy (non-hydrogen) atoms. The van der Waals surface area contributed by atoms with Gasteiger partial charge in [0.2, 0.25) is 0 Å². The fourth-order valence-corrected chi connectivity index (χ4v) is 3.93. The van der Waals surface area contributed by atoms with Crippen molar-refractivity contribution in [1.82, 2.24) is 9.80 Å². The lowest BCUT2D eigenvalue weighted by Gasteiger charge is -2.43. The molecule has 2 heterocycles. The van der Waals surface area contributed by atoms with E-state index in [1.54, 1.807) is 0 Å². The number of benzene rings is 2. The Bertz CT molecular complexity index is 802. The van der Waals surface area contributed by atoms with E-state index < -0.39 is 0 Å². The van der Waals surface area contributed by atoms with Crippen LogP contribution in [-0.2, 0) is 0 Å². The van der Waals surface area contributed by atoms with Crippen LogP contribution in [0.3, 0.4) is 0 Å². The Morgan fingerprint density at radius 2 is 1.81 bits per heavy atom. The molecule has 2 aromatic carbocycles. The Kier molecular flexibility index (Phi) is 4.85. The smallest absolute Gasteiger partial charge is 0.151 e. The maximum atomic E-state index is 6.18. The number of rotatable bonds is 5. The molecule has 0 fully saturated rings. The number of nitrogens with one attached hydrogen (secondary N) is 1. The van der Waals surface area contributed by atoms with Gasteiger partial charge < -0.3 is 15.0 Å². The Hall–Kier alpha value is -2.46. The molecule has 1 atom stereocenters. The lowest BCUT2D eigenvalue weighted by molar-refractivity contribution is 0.0727. The molecule has 1 unspecified atom stereocenters. The number of para-hydroxylation sites is 3. The van der Waals surface area contributed by atoms with Crippen LogP contribution in [0.5, 0.6) is 11.5 Å². The number of nitrogens with zero attached hydrogens (tertiary/aromatic N) is 2. The molecule has 0 bridgehead atoms. The molecule has 0 saturated carbocycles. The summed E-state index contributed by atoms with van der Waals surface area (Å²) in [4.78, 5) is 5.00. The third-order valence-corrected chi connectivity index (χ3v) is 4.99. The van der Waals surface area contributed by atoms with Crippen LogP contribution in [-0.4, -0.2) is 29.4 Å². The summed E-state index contributed by atoms with van der Waals surface area (Å²) in [5.74, 6) is 1.79. The molecule has 0 aliphatic carbocycles. The van der Waals surface area contributed by atoms with Crippen molar-refractivity contribution in [2.75, 3.05) is 25.0 Å². The van der Waals surface area contributed by atoms with Crippen LogP contribution < -0.4 is 10.1 Å². The van der Waals surface area contributed by atoms with Crippen LogP contribution in [0, 0.1) is 0 Å². The third-order valence-electron chi connectivity index (χ3n) is 4.99. The van der Waals surface area contributed by atoms with Gasteiger partial charge in [-0.05, 0) is 37.2 Å². The first-order valence-electron chi connectivity index (χ1n) is 9.65. The van der Waals surface area contributed by atoms with Gasteiger partial charge in [-0.3, -0.25) is 4.90 Å². The van der Waals surface area contributed by atoms with Gasteiger partial charge in [0.25, 0.3) is 0 Å². The molecule has 1 N–H and O–H groups in total. The van der Waals surface area contributed by atoms with E-state index in [4.69, 9.17) is 4.74 Å². The van der Waals surface area contributed by atoms with E-state index in [2.05, 4.69) is 65.5 Å². The maximum Gasteiger partial charge on any atom is 0.151 e. The molecule has 4 nitrogen and oxygen atoms in total. The molecule has 2 aromatic rings. The van der Waals surface area contributed by atoms with Gasteiger partial charge in [0.05, 0.1) is 11.4 Å². The van der Waals surface area contributed by atoms with E-state index in [-0.39, 0.29) is 6.17 Å². The second kappa shape index (κ2) is 7.42. The SMILES string of the molecule is CCCN1C=CCN(CCC)C1c1cccc2c1Nc1ccccc1O2. The van der Waals surface area contributed by atoms with Crippen LogP contribution in [0.15, 0.2) is 54.7 Å². The summed E-state index contributed by atoms with van der Waals surface area (Å²) in [5.41, 5.74) is 3.40. The molecule has 0 radical (unpaired) electrons. The van der Waals surface area contributed by atoms with Gasteiger partial charge in [0.15, 0.2) is 11.5 Å². The zero-order chi connectivity index (χ0) is 17.9. The van der Waals surface area contributed by atoms with Gasteiger partial charge >= 0.3 is 0 Å². The van der Waals surface area contributed by atoms with Gasteiger partial charge in [0, 0.05) is 25.2 Å².